The van der Waals surface area contributed by atoms with Gasteiger partial charge in [-0.1, -0.05) is 0 Å². The van der Waals surface area contributed by atoms with E-state index in [2.05, 4.69) is 66.9 Å². The number of hydrogen-bond acceptors (Lipinski definition) is 70. The van der Waals surface area contributed by atoms with Gasteiger partial charge in [0, 0.05) is 13.1 Å². The van der Waals surface area contributed by atoms with Crippen molar-refractivity contribution in [2.24, 2.45) is 0 Å². The molecule has 72 nitrogen and oxygen atoms in total. The SMILES string of the molecule is O=C(NCCCNC(=O)[C@H](OS(=O)(=O)[O-])[C@@H](OS(=O)(=O)[O-])[C@H](O[C@@H]1O[C@H](COS(=O)(=O)[O-])[C@H](OS(=O)(=O)[O-])[C@H](OS(=O)(=O)[O-])[C@H]1OS(=O)(=O)[O-])[C@@H](COS(=O)(=O)[O-])OS(=O)(=O)[O-])[C@@H](OS(=O)(=O)[O-])[C@H](OS(=O)(=O)[O-])[C@@H](O[C@H]1O[C@@H](COS(=O)(=O)[O-])[C@@H](OS(=O)(=O)[O-])[C@@H](OS(=O)(=O)[O-])[C@@H]1OS(=O)(=O)[O-])[C@H](COS(=O)(=O)[O-])OS(=O)(=O)[O-].[Na+].[Na+].[Na+].[Na+].[Na+].[Na+].[Na+].[Na+].[Na+].[Na+].[Na+].[Na+].[Na+].[Na+].[Na+].[Na+]. The van der Waals surface area contributed by atoms with E-state index < -0.39 is 334 Å². The van der Waals surface area contributed by atoms with E-state index in [1.807, 2.05) is 0 Å². The summed E-state index contributed by atoms with van der Waals surface area (Å²) in [7, 11) is -111. The summed E-state index contributed by atoms with van der Waals surface area (Å²) in [5.41, 5.74) is 0. The van der Waals surface area contributed by atoms with Gasteiger partial charge in [-0.3, -0.25) is 76.5 Å². The molecule has 2 saturated heterocycles. The molecule has 2 rings (SSSR count). The molecule has 18 atom stereocenters. The predicted octanol–water partition coefficient (Wildman–Crippen LogP) is -68.1. The van der Waals surface area contributed by atoms with Crippen molar-refractivity contribution in [3.63, 3.8) is 0 Å². The van der Waals surface area contributed by atoms with Crippen molar-refractivity contribution in [3.05, 3.63) is 0 Å². The fourth-order valence-corrected chi connectivity index (χ4v) is 15.3. The molecule has 0 unspecified atom stereocenters. The molecule has 0 aliphatic carbocycles. The fraction of sp³-hybridized carbons (Fsp3) is 0.926. The van der Waals surface area contributed by atoms with Gasteiger partial charge in [-0.15, -0.1) is 0 Å². The zero-order valence-electron chi connectivity index (χ0n) is 68.5. The van der Waals surface area contributed by atoms with Gasteiger partial charge in [-0.2, -0.15) is 0 Å². The molecule has 0 aromatic rings. The Morgan fingerprint density at radius 1 is 0.244 bits per heavy atom. The minimum absolute atomic E-state index is 0. The quantitative estimate of drug-likeness (QED) is 0.0247. The van der Waals surface area contributed by atoms with E-state index in [4.69, 9.17) is 18.9 Å². The zero-order valence-corrected chi connectivity index (χ0v) is 114. The molecular formula is C27H34N2Na16O70S16. The molecule has 0 radical (unpaired) electrons. The van der Waals surface area contributed by atoms with Crippen LogP contribution in [0.2, 0.25) is 0 Å². The van der Waals surface area contributed by atoms with Gasteiger partial charge in [0.2, 0.25) is 166 Å². The number of hydrogen-bond donors (Lipinski definition) is 2. The summed E-state index contributed by atoms with van der Waals surface area (Å²) in [6.07, 6.45) is -76.6. The minimum Gasteiger partial charge on any atom is -0.726 e. The number of carbonyl (C=O) groups is 2. The van der Waals surface area contributed by atoms with Crippen molar-refractivity contribution in [1.82, 2.24) is 10.6 Å². The van der Waals surface area contributed by atoms with Crippen LogP contribution in [0.25, 0.3) is 0 Å². The maximum atomic E-state index is 14.0. The summed E-state index contributed by atoms with van der Waals surface area (Å²) in [6, 6.07) is 0. The van der Waals surface area contributed by atoms with Gasteiger partial charge >= 0.3 is 473 Å². The Labute approximate surface area is 1100 Å². The number of nitrogens with one attached hydrogen (secondary N) is 2. The third-order valence-electron chi connectivity index (χ3n) is 11.5. The topological polar surface area (TPSA) is 1160 Å². The zero-order chi connectivity index (χ0) is 90.1. The fourth-order valence-electron chi connectivity index (χ4n) is 8.33. The number of amides is 2. The van der Waals surface area contributed by atoms with Crippen molar-refractivity contribution in [3.8, 4) is 0 Å². The summed E-state index contributed by atoms with van der Waals surface area (Å²) >= 11 is 0. The second-order valence-corrected chi connectivity index (χ2v) is 36.0. The minimum atomic E-state index is -7.32. The van der Waals surface area contributed by atoms with Crippen LogP contribution in [0.3, 0.4) is 0 Å². The average molecular weight is 2390 g/mol. The maximum absolute atomic E-state index is 14.0. The first-order chi connectivity index (χ1) is 50.8. The molecule has 0 spiro atoms. The van der Waals surface area contributed by atoms with E-state index in [0.717, 1.165) is 10.6 Å². The van der Waals surface area contributed by atoms with Crippen LogP contribution in [0.1, 0.15) is 6.42 Å². The van der Waals surface area contributed by atoms with E-state index in [0.29, 0.717) is 0 Å². The van der Waals surface area contributed by atoms with Crippen LogP contribution in [-0.4, -0.2) is 369 Å². The second kappa shape index (κ2) is 73.3. The summed E-state index contributed by atoms with van der Waals surface area (Å²) in [4.78, 5) is 28.1. The molecule has 2 N–H and O–H groups in total. The Kier molecular flexibility index (Phi) is 98.9. The molecule has 0 aromatic carbocycles. The third kappa shape index (κ3) is 82.8. The van der Waals surface area contributed by atoms with Gasteiger partial charge in [0.05, 0.1) is 26.4 Å². The first-order valence-corrected chi connectivity index (χ1v) is 47.4. The summed E-state index contributed by atoms with van der Waals surface area (Å²) in [6.45, 7) is -14.5. The molecule has 2 amide bonds. The predicted molar refractivity (Wildman–Crippen MR) is 295 cm³/mol. The monoisotopic (exact) mass is 2390 g/mol. The molecule has 2 fully saturated rings. The Balaban J connectivity index is -0.000000647. The van der Waals surface area contributed by atoms with Crippen molar-refractivity contribution in [2.75, 3.05) is 39.5 Å². The Morgan fingerprint density at radius 3 is 0.634 bits per heavy atom. The number of carbonyl (C=O) groups excluding carboxylic acids is 2. The Hall–Kier alpha value is 12.7. The molecule has 104 heteroatoms. The van der Waals surface area contributed by atoms with Crippen LogP contribution < -0.4 is 484 Å². The van der Waals surface area contributed by atoms with Gasteiger partial charge in [-0.25, -0.2) is 135 Å². The Morgan fingerprint density at radius 2 is 0.443 bits per heavy atom. The molecule has 0 saturated carbocycles. The van der Waals surface area contributed by atoms with Crippen molar-refractivity contribution < 1.29 is 776 Å². The molecule has 2 heterocycles. The van der Waals surface area contributed by atoms with Gasteiger partial charge in [0.1, 0.15) is 73.2 Å². The van der Waals surface area contributed by atoms with E-state index in [-0.39, 0.29) is 473 Å². The maximum Gasteiger partial charge on any atom is 1.00 e. The smallest absolute Gasteiger partial charge is 0.726 e. The van der Waals surface area contributed by atoms with Crippen LogP contribution in [0, 0.1) is 0 Å². The van der Waals surface area contributed by atoms with Gasteiger partial charge < -0.3 is 102 Å². The Bertz CT molecular complexity index is 5100. The normalized spacial score (nSPS) is 21.3. The standard InChI is InChI=1S/C27H50N2O70S16.16Na/c30-24(20(96-112(68,69)70)16(92-108(56,57)58)12(10(88-104(44,45)46)6-82-102(38,39)40)86-26-22(98-114(74,75)76)18(94-110(62,63)64)14(90-106(50,51)52)8(84-26)4-80-100(32,33)34)28-2-1-3-29-25(31)21(97-113(71,72)73)17(93-109(59,60)61)13(11(89-105(47,48)49)7-83-103(41,42)43)87-27-23(99-115(77,78)79)19(95-111(65,66)67)15(91-107(53,54)55)9(85-27)5-81-101(35,36)37;;;;;;;;;;;;;;;;/h8-23,26-27H,1-7H2,(H,28,30)(H,29,31)(H,32,33,34)(H,35,36,37)(H,38,39,40)(H,41,42,43)(H,44,45,46)(H,47,48,49)(H,50,51,52)(H,53,54,55)(H,56,57,58)(H,59,60,61)(H,62,63,64)(H,65,66,67)(H,68,69,70)(H,71,72,73)(H,74,75,76)(H,77,78,79);;;;;;;;;;;;;;;;/q;16*+1/p-16/t8-,9+,10-,11+,12-,13+,14+,15-,16+,17-,18+,19-,20-,21+,22-,23+,26+,27-;;;;;;;;;;;;;;;;. The number of rotatable bonds is 52. The molecule has 684 valence electrons. The van der Waals surface area contributed by atoms with Crippen LogP contribution in [0.15, 0.2) is 0 Å². The summed E-state index contributed by atoms with van der Waals surface area (Å²) in [5, 5.41) is 2.29. The second-order valence-electron chi connectivity index (χ2n) is 19.7. The van der Waals surface area contributed by atoms with Crippen molar-refractivity contribution in [2.45, 2.75) is 117 Å². The van der Waals surface area contributed by atoms with E-state index >= 15 is 0 Å². The molecule has 2 aliphatic rings. The van der Waals surface area contributed by atoms with Crippen molar-refractivity contribution in [1.29, 1.82) is 0 Å². The van der Waals surface area contributed by atoms with Gasteiger partial charge in [0.15, 0.2) is 37.0 Å². The van der Waals surface area contributed by atoms with Crippen molar-refractivity contribution >= 4 is 178 Å². The van der Waals surface area contributed by atoms with Crippen LogP contribution in [0.4, 0.5) is 0 Å². The number of ether oxygens (including phenoxy) is 4. The van der Waals surface area contributed by atoms with E-state index in [1.54, 1.807) is 0 Å². The molecule has 0 aromatic heterocycles. The van der Waals surface area contributed by atoms with Gasteiger partial charge in [0.25, 0.3) is 11.8 Å². The largest absolute Gasteiger partial charge is 1.00 e. The molecular weight excluding hydrogens is 2350 g/mol. The van der Waals surface area contributed by atoms with E-state index in [9.17, 15) is 217 Å². The van der Waals surface area contributed by atoms with Crippen LogP contribution >= 0.6 is 0 Å². The van der Waals surface area contributed by atoms with E-state index in [1.165, 1.54) is 0 Å². The van der Waals surface area contributed by atoms with Crippen LogP contribution in [-0.2, 0) is 262 Å². The first kappa shape index (κ1) is 177. The first-order valence-electron chi connectivity index (χ1n) is 26.0. The average Bonchev–Trinajstić information content (AvgIpc) is 0.765. The summed E-state index contributed by atoms with van der Waals surface area (Å²) < 4.78 is 655. The molecule has 2 aliphatic heterocycles. The summed E-state index contributed by atoms with van der Waals surface area (Å²) in [5.74, 6) is -5.90. The third-order valence-corrected chi connectivity index (χ3v) is 18.7. The van der Waals surface area contributed by atoms with Gasteiger partial charge in [-0.05, 0) is 6.42 Å². The van der Waals surface area contributed by atoms with Crippen LogP contribution in [0.5, 0.6) is 0 Å². The molecule has 0 bridgehead atoms. The molecule has 131 heavy (non-hydrogen) atoms.